The highest BCUT2D eigenvalue weighted by atomic mass is 79.9. The Hall–Kier alpha value is -2.46. The lowest BCUT2D eigenvalue weighted by Gasteiger charge is -2.01. The maximum atomic E-state index is 11.9. The molecule has 0 unspecified atom stereocenters. The van der Waals surface area contributed by atoms with E-state index < -0.39 is 0 Å². The van der Waals surface area contributed by atoms with Gasteiger partial charge in [-0.2, -0.15) is 5.10 Å². The summed E-state index contributed by atoms with van der Waals surface area (Å²) < 4.78 is 0.934. The molecule has 0 atom stereocenters. The zero-order chi connectivity index (χ0) is 15.4. The summed E-state index contributed by atoms with van der Waals surface area (Å²) >= 11 is 3.34. The van der Waals surface area contributed by atoms with Crippen LogP contribution in [0.5, 0.6) is 0 Å². The van der Waals surface area contributed by atoms with Gasteiger partial charge < -0.3 is 0 Å². The highest BCUT2D eigenvalue weighted by Gasteiger charge is 2.02. The van der Waals surface area contributed by atoms with Gasteiger partial charge in [0.2, 0.25) is 0 Å². The minimum atomic E-state index is -0.232. The summed E-state index contributed by atoms with van der Waals surface area (Å²) in [5, 5.41) is 6.33. The van der Waals surface area contributed by atoms with Crippen LogP contribution in [-0.4, -0.2) is 12.1 Å². The van der Waals surface area contributed by atoms with Crippen LogP contribution in [0.2, 0.25) is 0 Å². The molecule has 3 nitrogen and oxygen atoms in total. The molecule has 0 radical (unpaired) electrons. The van der Waals surface area contributed by atoms with Crippen LogP contribution in [0.25, 0.3) is 10.8 Å². The molecule has 0 spiro atoms. The molecule has 108 valence electrons. The molecule has 0 aromatic heterocycles. The SMILES string of the molecule is O=C(N/N=C/c1ccc2ccccc2c1)c1ccc(Br)cc1. The molecule has 0 bridgehead atoms. The molecule has 0 aliphatic carbocycles. The fourth-order valence-corrected chi connectivity index (χ4v) is 2.38. The fourth-order valence-electron chi connectivity index (χ4n) is 2.12. The van der Waals surface area contributed by atoms with Crippen LogP contribution in [0.1, 0.15) is 15.9 Å². The molecule has 0 saturated carbocycles. The third-order valence-electron chi connectivity index (χ3n) is 3.26. The molecule has 3 aromatic carbocycles. The van der Waals surface area contributed by atoms with Gasteiger partial charge in [0.15, 0.2) is 0 Å². The van der Waals surface area contributed by atoms with E-state index in [1.165, 1.54) is 5.39 Å². The lowest BCUT2D eigenvalue weighted by Crippen LogP contribution is -2.17. The lowest BCUT2D eigenvalue weighted by atomic mass is 10.1. The van der Waals surface area contributed by atoms with Gasteiger partial charge in [-0.25, -0.2) is 5.43 Å². The second kappa shape index (κ2) is 6.54. The molecule has 0 heterocycles. The Morgan fingerprint density at radius 3 is 2.45 bits per heavy atom. The smallest absolute Gasteiger partial charge is 0.267 e. The summed E-state index contributed by atoms with van der Waals surface area (Å²) in [5.74, 6) is -0.232. The Morgan fingerprint density at radius 1 is 0.955 bits per heavy atom. The van der Waals surface area contributed by atoms with Crippen molar-refractivity contribution in [3.05, 3.63) is 82.3 Å². The summed E-state index contributed by atoms with van der Waals surface area (Å²) in [5.41, 5.74) is 4.04. The van der Waals surface area contributed by atoms with Crippen molar-refractivity contribution in [2.75, 3.05) is 0 Å². The number of rotatable bonds is 3. The number of amides is 1. The summed E-state index contributed by atoms with van der Waals surface area (Å²) in [6, 6.07) is 21.3. The molecule has 3 rings (SSSR count). The van der Waals surface area contributed by atoms with Crippen LogP contribution in [-0.2, 0) is 0 Å². The van der Waals surface area contributed by atoms with E-state index in [4.69, 9.17) is 0 Å². The summed E-state index contributed by atoms with van der Waals surface area (Å²) in [7, 11) is 0. The predicted octanol–water partition coefficient (Wildman–Crippen LogP) is 4.37. The third-order valence-corrected chi connectivity index (χ3v) is 3.79. The minimum absolute atomic E-state index is 0.232. The molecule has 0 fully saturated rings. The number of nitrogens with one attached hydrogen (secondary N) is 1. The molecule has 1 amide bonds. The average Bonchev–Trinajstić information content (AvgIpc) is 2.55. The first kappa shape index (κ1) is 14.5. The quantitative estimate of drug-likeness (QED) is 0.552. The summed E-state index contributed by atoms with van der Waals surface area (Å²) in [6.45, 7) is 0. The standard InChI is InChI=1S/C18H13BrN2O/c19-17-9-7-15(8-10-17)18(22)21-20-12-13-5-6-14-3-1-2-4-16(14)11-13/h1-12H,(H,21,22)/b20-12+. The van der Waals surface area contributed by atoms with E-state index >= 15 is 0 Å². The van der Waals surface area contributed by atoms with E-state index in [0.29, 0.717) is 5.56 Å². The van der Waals surface area contributed by atoms with Crippen molar-refractivity contribution in [1.82, 2.24) is 5.43 Å². The Balaban J connectivity index is 1.70. The van der Waals surface area contributed by atoms with Crippen LogP contribution in [0.3, 0.4) is 0 Å². The number of fused-ring (bicyclic) bond motifs is 1. The van der Waals surface area contributed by atoms with Crippen LogP contribution in [0, 0.1) is 0 Å². The number of hydrazone groups is 1. The largest absolute Gasteiger partial charge is 0.271 e. The molecule has 22 heavy (non-hydrogen) atoms. The second-order valence-corrected chi connectivity index (χ2v) is 5.73. The van der Waals surface area contributed by atoms with Gasteiger partial charge in [0.1, 0.15) is 0 Å². The Kier molecular flexibility index (Phi) is 4.30. The monoisotopic (exact) mass is 352 g/mol. The number of carbonyl (C=O) groups excluding carboxylic acids is 1. The van der Waals surface area contributed by atoms with E-state index in [9.17, 15) is 4.79 Å². The van der Waals surface area contributed by atoms with Gasteiger partial charge in [0.05, 0.1) is 6.21 Å². The molecule has 1 N–H and O–H groups in total. The van der Waals surface area contributed by atoms with Crippen LogP contribution < -0.4 is 5.43 Å². The summed E-state index contributed by atoms with van der Waals surface area (Å²) in [6.07, 6.45) is 1.64. The van der Waals surface area contributed by atoms with Crippen LogP contribution in [0.4, 0.5) is 0 Å². The molecule has 0 aliphatic heterocycles. The van der Waals surface area contributed by atoms with Gasteiger partial charge >= 0.3 is 0 Å². The molecule has 0 saturated heterocycles. The zero-order valence-corrected chi connectivity index (χ0v) is 13.2. The van der Waals surface area contributed by atoms with E-state index in [-0.39, 0.29) is 5.91 Å². The van der Waals surface area contributed by atoms with Gasteiger partial charge in [0.25, 0.3) is 5.91 Å². The number of carbonyl (C=O) groups is 1. The van der Waals surface area contributed by atoms with Gasteiger partial charge in [-0.15, -0.1) is 0 Å². The third kappa shape index (κ3) is 3.40. The van der Waals surface area contributed by atoms with Crippen molar-refractivity contribution >= 4 is 38.8 Å². The summed E-state index contributed by atoms with van der Waals surface area (Å²) in [4.78, 5) is 11.9. The molecule has 3 aromatic rings. The average molecular weight is 353 g/mol. The normalized spacial score (nSPS) is 11.0. The van der Waals surface area contributed by atoms with E-state index in [1.807, 2.05) is 48.5 Å². The van der Waals surface area contributed by atoms with Crippen LogP contribution in [0.15, 0.2) is 76.3 Å². The maximum Gasteiger partial charge on any atom is 0.271 e. The van der Waals surface area contributed by atoms with Crippen molar-refractivity contribution in [1.29, 1.82) is 0 Å². The van der Waals surface area contributed by atoms with E-state index in [0.717, 1.165) is 15.4 Å². The first-order chi connectivity index (χ1) is 10.7. The van der Waals surface area contributed by atoms with Gasteiger partial charge in [0, 0.05) is 10.0 Å². The highest BCUT2D eigenvalue weighted by Crippen LogP contribution is 2.14. The first-order valence-corrected chi connectivity index (χ1v) is 7.59. The highest BCUT2D eigenvalue weighted by molar-refractivity contribution is 9.10. The molecular formula is C18H13BrN2O. The minimum Gasteiger partial charge on any atom is -0.267 e. The Morgan fingerprint density at radius 2 is 1.68 bits per heavy atom. The molecule has 4 heteroatoms. The number of hydrogen-bond acceptors (Lipinski definition) is 2. The van der Waals surface area contributed by atoms with Crippen molar-refractivity contribution in [2.45, 2.75) is 0 Å². The number of halogens is 1. The van der Waals surface area contributed by atoms with Gasteiger partial charge in [-0.05, 0) is 46.7 Å². The number of benzene rings is 3. The van der Waals surface area contributed by atoms with Gasteiger partial charge in [-0.3, -0.25) is 4.79 Å². The predicted molar refractivity (Wildman–Crippen MR) is 93.2 cm³/mol. The van der Waals surface area contributed by atoms with E-state index in [1.54, 1.807) is 18.3 Å². The first-order valence-electron chi connectivity index (χ1n) is 6.80. The second-order valence-electron chi connectivity index (χ2n) is 4.81. The topological polar surface area (TPSA) is 41.5 Å². The van der Waals surface area contributed by atoms with Crippen molar-refractivity contribution in [3.63, 3.8) is 0 Å². The maximum absolute atomic E-state index is 11.9. The van der Waals surface area contributed by atoms with Crippen molar-refractivity contribution in [3.8, 4) is 0 Å². The lowest BCUT2D eigenvalue weighted by molar-refractivity contribution is 0.0955. The zero-order valence-electron chi connectivity index (χ0n) is 11.7. The Labute approximate surface area is 136 Å². The van der Waals surface area contributed by atoms with Crippen LogP contribution >= 0.6 is 15.9 Å². The Bertz CT molecular complexity index is 841. The number of hydrogen-bond donors (Lipinski definition) is 1. The van der Waals surface area contributed by atoms with Crippen molar-refractivity contribution < 1.29 is 4.79 Å². The molecular weight excluding hydrogens is 340 g/mol. The van der Waals surface area contributed by atoms with Gasteiger partial charge in [-0.1, -0.05) is 52.3 Å². The molecule has 0 aliphatic rings. The number of nitrogens with zero attached hydrogens (tertiary/aromatic N) is 1. The van der Waals surface area contributed by atoms with Crippen molar-refractivity contribution in [2.24, 2.45) is 5.10 Å². The fraction of sp³-hybridized carbons (Fsp3) is 0. The van der Waals surface area contributed by atoms with E-state index in [2.05, 4.69) is 32.5 Å².